The summed E-state index contributed by atoms with van der Waals surface area (Å²) in [7, 11) is 1.67. The average molecular weight is 355 g/mol. The standard InChI is InChI=1S/C21H29N3O2/c1-4-22-21(23-13-17-10-16(2)11-20(12-17)26-3)24-14-19(15-25)18-8-6-5-7-9-18/h5-12,19,25H,4,13-15H2,1-3H3,(H2,22,23,24). The maximum Gasteiger partial charge on any atom is 0.191 e. The highest BCUT2D eigenvalue weighted by molar-refractivity contribution is 5.79. The van der Waals surface area contributed by atoms with Crippen LogP contribution in [0.3, 0.4) is 0 Å². The Hall–Kier alpha value is -2.53. The molecule has 0 aliphatic rings. The largest absolute Gasteiger partial charge is 0.497 e. The van der Waals surface area contributed by atoms with Gasteiger partial charge in [0.25, 0.3) is 0 Å². The summed E-state index contributed by atoms with van der Waals surface area (Å²) in [6.07, 6.45) is 0. The van der Waals surface area contributed by atoms with Gasteiger partial charge in [0.15, 0.2) is 5.96 Å². The second-order valence-corrected chi connectivity index (χ2v) is 6.22. The Morgan fingerprint density at radius 3 is 2.58 bits per heavy atom. The van der Waals surface area contributed by atoms with Gasteiger partial charge in [0.05, 0.1) is 20.3 Å². The molecular weight excluding hydrogens is 326 g/mol. The predicted octanol–water partition coefficient (Wildman–Crippen LogP) is 2.83. The first-order valence-corrected chi connectivity index (χ1v) is 8.98. The molecule has 0 saturated heterocycles. The molecular formula is C21H29N3O2. The molecule has 5 nitrogen and oxygen atoms in total. The lowest BCUT2D eigenvalue weighted by Gasteiger charge is -2.18. The fourth-order valence-electron chi connectivity index (χ4n) is 2.78. The Morgan fingerprint density at radius 1 is 1.15 bits per heavy atom. The lowest BCUT2D eigenvalue weighted by atomic mass is 10.0. The van der Waals surface area contributed by atoms with E-state index in [0.29, 0.717) is 13.1 Å². The van der Waals surface area contributed by atoms with Crippen molar-refractivity contribution in [3.63, 3.8) is 0 Å². The molecule has 0 aliphatic heterocycles. The minimum Gasteiger partial charge on any atom is -0.497 e. The van der Waals surface area contributed by atoms with Crippen molar-refractivity contribution >= 4 is 5.96 Å². The quantitative estimate of drug-likeness (QED) is 0.503. The normalized spacial score (nSPS) is 12.5. The van der Waals surface area contributed by atoms with Crippen molar-refractivity contribution < 1.29 is 9.84 Å². The molecule has 0 bridgehead atoms. The van der Waals surface area contributed by atoms with Crippen molar-refractivity contribution in [1.29, 1.82) is 0 Å². The number of rotatable bonds is 8. The smallest absolute Gasteiger partial charge is 0.191 e. The fraction of sp³-hybridized carbons (Fsp3) is 0.381. The van der Waals surface area contributed by atoms with Crippen LogP contribution in [0.2, 0.25) is 0 Å². The van der Waals surface area contributed by atoms with Gasteiger partial charge in [-0.3, -0.25) is 0 Å². The Kier molecular flexibility index (Phi) is 7.96. The zero-order valence-electron chi connectivity index (χ0n) is 15.8. The van der Waals surface area contributed by atoms with E-state index in [1.165, 1.54) is 0 Å². The van der Waals surface area contributed by atoms with Gasteiger partial charge in [-0.15, -0.1) is 0 Å². The second-order valence-electron chi connectivity index (χ2n) is 6.22. The summed E-state index contributed by atoms with van der Waals surface area (Å²) in [5.41, 5.74) is 3.36. The molecule has 0 aromatic heterocycles. The number of aliphatic hydroxyl groups excluding tert-OH is 1. The summed E-state index contributed by atoms with van der Waals surface area (Å²) in [5, 5.41) is 16.3. The third-order valence-corrected chi connectivity index (χ3v) is 4.12. The van der Waals surface area contributed by atoms with E-state index < -0.39 is 0 Å². The number of methoxy groups -OCH3 is 1. The summed E-state index contributed by atoms with van der Waals surface area (Å²) >= 11 is 0. The van der Waals surface area contributed by atoms with E-state index in [1.807, 2.05) is 56.3 Å². The second kappa shape index (κ2) is 10.5. The molecule has 26 heavy (non-hydrogen) atoms. The van der Waals surface area contributed by atoms with Gasteiger partial charge >= 0.3 is 0 Å². The van der Waals surface area contributed by atoms with Gasteiger partial charge in [-0.2, -0.15) is 0 Å². The van der Waals surface area contributed by atoms with Crippen LogP contribution in [0.15, 0.2) is 53.5 Å². The summed E-state index contributed by atoms with van der Waals surface area (Å²) in [5.74, 6) is 1.61. The molecule has 0 radical (unpaired) electrons. The van der Waals surface area contributed by atoms with Gasteiger partial charge in [-0.05, 0) is 42.7 Å². The summed E-state index contributed by atoms with van der Waals surface area (Å²) in [4.78, 5) is 4.66. The van der Waals surface area contributed by atoms with Crippen LogP contribution < -0.4 is 15.4 Å². The van der Waals surface area contributed by atoms with Gasteiger partial charge in [0.1, 0.15) is 5.75 Å². The molecule has 0 spiro atoms. The van der Waals surface area contributed by atoms with Crippen molar-refractivity contribution in [1.82, 2.24) is 10.6 Å². The molecule has 1 unspecified atom stereocenters. The molecule has 0 aliphatic carbocycles. The molecule has 0 heterocycles. The number of benzene rings is 2. The van der Waals surface area contributed by atoms with E-state index in [9.17, 15) is 5.11 Å². The zero-order chi connectivity index (χ0) is 18.8. The highest BCUT2D eigenvalue weighted by Gasteiger charge is 2.10. The van der Waals surface area contributed by atoms with Crippen LogP contribution in [-0.4, -0.2) is 37.9 Å². The molecule has 2 rings (SSSR count). The van der Waals surface area contributed by atoms with Crippen molar-refractivity contribution in [2.24, 2.45) is 4.99 Å². The molecule has 0 saturated carbocycles. The van der Waals surface area contributed by atoms with Crippen molar-refractivity contribution in [2.45, 2.75) is 26.3 Å². The lowest BCUT2D eigenvalue weighted by Crippen LogP contribution is -2.39. The van der Waals surface area contributed by atoms with Gasteiger partial charge in [0, 0.05) is 19.0 Å². The van der Waals surface area contributed by atoms with Crippen LogP contribution >= 0.6 is 0 Å². The molecule has 0 fully saturated rings. The Balaban J connectivity index is 2.03. The van der Waals surface area contributed by atoms with E-state index in [-0.39, 0.29) is 12.5 Å². The molecule has 3 N–H and O–H groups in total. The Labute approximate surface area is 156 Å². The van der Waals surface area contributed by atoms with Crippen molar-refractivity contribution in [2.75, 3.05) is 26.8 Å². The zero-order valence-corrected chi connectivity index (χ0v) is 15.8. The van der Waals surface area contributed by atoms with Crippen molar-refractivity contribution in [3.8, 4) is 5.75 Å². The maximum absolute atomic E-state index is 9.70. The van der Waals surface area contributed by atoms with E-state index in [2.05, 4.69) is 21.7 Å². The highest BCUT2D eigenvalue weighted by atomic mass is 16.5. The number of nitrogens with one attached hydrogen (secondary N) is 2. The molecule has 5 heteroatoms. The van der Waals surface area contributed by atoms with Crippen LogP contribution in [0.4, 0.5) is 0 Å². The van der Waals surface area contributed by atoms with E-state index in [0.717, 1.165) is 34.9 Å². The number of aliphatic imine (C=N–C) groups is 1. The lowest BCUT2D eigenvalue weighted by molar-refractivity contribution is 0.265. The fourth-order valence-corrected chi connectivity index (χ4v) is 2.78. The topological polar surface area (TPSA) is 65.9 Å². The highest BCUT2D eigenvalue weighted by Crippen LogP contribution is 2.17. The average Bonchev–Trinajstić information content (AvgIpc) is 2.66. The first kappa shape index (κ1) is 19.8. The number of aliphatic hydroxyl groups is 1. The Morgan fingerprint density at radius 2 is 1.92 bits per heavy atom. The summed E-state index contributed by atoms with van der Waals surface area (Å²) < 4.78 is 5.32. The molecule has 2 aromatic rings. The number of nitrogens with zero attached hydrogens (tertiary/aromatic N) is 1. The van der Waals surface area contributed by atoms with Crippen LogP contribution in [0.25, 0.3) is 0 Å². The number of hydrogen-bond acceptors (Lipinski definition) is 3. The third-order valence-electron chi connectivity index (χ3n) is 4.12. The van der Waals surface area contributed by atoms with Crippen LogP contribution in [0.5, 0.6) is 5.75 Å². The molecule has 0 amide bonds. The van der Waals surface area contributed by atoms with Gasteiger partial charge in [-0.1, -0.05) is 36.4 Å². The first-order valence-electron chi connectivity index (χ1n) is 8.98. The molecule has 1 atom stereocenters. The number of ether oxygens (including phenoxy) is 1. The van der Waals surface area contributed by atoms with Gasteiger partial charge in [0.2, 0.25) is 0 Å². The van der Waals surface area contributed by atoms with E-state index in [1.54, 1.807) is 7.11 Å². The van der Waals surface area contributed by atoms with Crippen LogP contribution in [-0.2, 0) is 6.54 Å². The van der Waals surface area contributed by atoms with Gasteiger partial charge in [-0.25, -0.2) is 4.99 Å². The predicted molar refractivity (Wildman–Crippen MR) is 107 cm³/mol. The van der Waals surface area contributed by atoms with Crippen LogP contribution in [0.1, 0.15) is 29.5 Å². The number of hydrogen-bond donors (Lipinski definition) is 3. The minimum atomic E-state index is 0.0270. The van der Waals surface area contributed by atoms with Gasteiger partial charge < -0.3 is 20.5 Å². The maximum atomic E-state index is 9.70. The van der Waals surface area contributed by atoms with Crippen molar-refractivity contribution in [3.05, 3.63) is 65.2 Å². The first-order chi connectivity index (χ1) is 12.7. The molecule has 140 valence electrons. The monoisotopic (exact) mass is 355 g/mol. The molecule has 2 aromatic carbocycles. The number of aryl methyl sites for hydroxylation is 1. The SMILES string of the molecule is CCNC(=NCc1cc(C)cc(OC)c1)NCC(CO)c1ccccc1. The summed E-state index contributed by atoms with van der Waals surface area (Å²) in [6, 6.07) is 16.1. The minimum absolute atomic E-state index is 0.0270. The number of guanidine groups is 1. The summed E-state index contributed by atoms with van der Waals surface area (Å²) in [6.45, 7) is 6.12. The third kappa shape index (κ3) is 6.08. The van der Waals surface area contributed by atoms with Crippen LogP contribution in [0, 0.1) is 6.92 Å². The van der Waals surface area contributed by atoms with E-state index >= 15 is 0 Å². The Bertz CT molecular complexity index is 702. The van der Waals surface area contributed by atoms with E-state index in [4.69, 9.17) is 4.74 Å².